The van der Waals surface area contributed by atoms with Crippen LogP contribution in [0, 0.1) is 16.7 Å². The van der Waals surface area contributed by atoms with Crippen LogP contribution < -0.4 is 0 Å². The largest absolute Gasteiger partial charge is 0.198 e. The van der Waals surface area contributed by atoms with E-state index in [0.717, 1.165) is 0 Å². The molecule has 0 fully saturated rings. The SMILES string of the molecule is N#CC[CH]Br. The quantitative estimate of drug-likeness (QED) is 0.531. The van der Waals surface area contributed by atoms with Gasteiger partial charge in [-0.25, -0.2) is 0 Å². The molecule has 0 aliphatic carbocycles. The lowest BCUT2D eigenvalue weighted by Crippen LogP contribution is -1.50. The molecule has 0 aromatic heterocycles. The second-order valence-electron chi connectivity index (χ2n) is 0.517. The number of halogens is 1. The Labute approximate surface area is 39.7 Å². The highest BCUT2D eigenvalue weighted by molar-refractivity contribution is 9.10. The lowest BCUT2D eigenvalue weighted by Gasteiger charge is -1.62. The van der Waals surface area contributed by atoms with Crippen molar-refractivity contribution in [2.75, 3.05) is 0 Å². The summed E-state index contributed by atoms with van der Waals surface area (Å²) < 4.78 is 0. The third-order valence-electron chi connectivity index (χ3n) is 0.168. The fourth-order valence-corrected chi connectivity index (χ4v) is 0.179. The molecule has 0 aliphatic heterocycles. The lowest BCUT2D eigenvalue weighted by atomic mass is 10.6. The summed E-state index contributed by atoms with van der Waals surface area (Å²) in [5.74, 6) is 0. The molecule has 0 bridgehead atoms. The number of nitrogens with zero attached hydrogens (tertiary/aromatic N) is 1. The molecule has 0 aliphatic rings. The molecule has 0 saturated heterocycles. The Morgan fingerprint density at radius 3 is 2.60 bits per heavy atom. The summed E-state index contributed by atoms with van der Waals surface area (Å²) in [6.45, 7) is 0. The molecule has 0 heterocycles. The van der Waals surface area contributed by atoms with Crippen molar-refractivity contribution in [1.29, 1.82) is 5.26 Å². The molecule has 0 aromatic rings. The summed E-state index contributed by atoms with van der Waals surface area (Å²) in [6, 6.07) is 1.91. The topological polar surface area (TPSA) is 23.8 Å². The average Bonchev–Trinajstić information content (AvgIpc) is 1.41. The van der Waals surface area contributed by atoms with Gasteiger partial charge < -0.3 is 0 Å². The van der Waals surface area contributed by atoms with Crippen LogP contribution >= 0.6 is 15.9 Å². The van der Waals surface area contributed by atoms with Crippen LogP contribution in [0.3, 0.4) is 0 Å². The first-order valence-corrected chi connectivity index (χ1v) is 2.12. The van der Waals surface area contributed by atoms with E-state index in [2.05, 4.69) is 15.9 Å². The van der Waals surface area contributed by atoms with Crippen molar-refractivity contribution in [1.82, 2.24) is 0 Å². The second-order valence-corrected chi connectivity index (χ2v) is 1.16. The molecule has 2 heteroatoms. The van der Waals surface area contributed by atoms with Gasteiger partial charge in [-0.2, -0.15) is 5.26 Å². The molecule has 5 heavy (non-hydrogen) atoms. The minimum absolute atomic E-state index is 0.486. The lowest BCUT2D eigenvalue weighted by molar-refractivity contribution is 1.34. The van der Waals surface area contributed by atoms with Crippen LogP contribution in [0.4, 0.5) is 0 Å². The van der Waals surface area contributed by atoms with Crippen molar-refractivity contribution in [2.24, 2.45) is 0 Å². The first kappa shape index (κ1) is 4.97. The van der Waals surface area contributed by atoms with Gasteiger partial charge >= 0.3 is 0 Å². The van der Waals surface area contributed by atoms with E-state index in [-0.39, 0.29) is 0 Å². The molecule has 0 saturated carbocycles. The van der Waals surface area contributed by atoms with E-state index in [0.29, 0.717) is 6.42 Å². The van der Waals surface area contributed by atoms with Gasteiger partial charge in [-0.3, -0.25) is 0 Å². The van der Waals surface area contributed by atoms with E-state index in [1.54, 1.807) is 5.33 Å². The van der Waals surface area contributed by atoms with Gasteiger partial charge in [0.2, 0.25) is 0 Å². The Bertz CT molecular complexity index is 45.3. The molecule has 0 atom stereocenters. The van der Waals surface area contributed by atoms with E-state index in [4.69, 9.17) is 5.26 Å². The van der Waals surface area contributed by atoms with Gasteiger partial charge in [-0.1, -0.05) is 15.9 Å². The van der Waals surface area contributed by atoms with E-state index in [1.165, 1.54) is 0 Å². The maximum atomic E-state index is 7.76. The van der Waals surface area contributed by atoms with Crippen molar-refractivity contribution in [3.05, 3.63) is 5.33 Å². The average molecular weight is 133 g/mol. The zero-order valence-corrected chi connectivity index (χ0v) is 4.20. The second kappa shape index (κ2) is 3.97. The standard InChI is InChI=1S/C3H3BrN/c4-2-1-3-5/h2H,1H2. The fourth-order valence-electron chi connectivity index (χ4n) is 0.0345. The molecule has 0 rings (SSSR count). The van der Waals surface area contributed by atoms with Crippen molar-refractivity contribution >= 4 is 15.9 Å². The highest BCUT2D eigenvalue weighted by atomic mass is 79.9. The number of hydrogen-bond acceptors (Lipinski definition) is 1. The Hall–Kier alpha value is -0.0300. The minimum atomic E-state index is 0.486. The minimum Gasteiger partial charge on any atom is -0.198 e. The molecule has 0 unspecified atom stereocenters. The summed E-state index contributed by atoms with van der Waals surface area (Å²) in [4.78, 5) is 0. The molecule has 1 nitrogen and oxygen atoms in total. The third kappa shape index (κ3) is 3.97. The summed E-state index contributed by atoms with van der Waals surface area (Å²) in [5.41, 5.74) is 0. The van der Waals surface area contributed by atoms with Crippen molar-refractivity contribution < 1.29 is 0 Å². The summed E-state index contributed by atoms with van der Waals surface area (Å²) in [5, 5.41) is 9.39. The van der Waals surface area contributed by atoms with Crippen LogP contribution in [0.15, 0.2) is 0 Å². The number of hydrogen-bond donors (Lipinski definition) is 0. The summed E-state index contributed by atoms with van der Waals surface area (Å²) in [7, 11) is 0. The first-order chi connectivity index (χ1) is 2.41. The predicted molar refractivity (Wildman–Crippen MR) is 23.5 cm³/mol. The van der Waals surface area contributed by atoms with Gasteiger partial charge in [0.05, 0.1) is 6.07 Å². The highest BCUT2D eigenvalue weighted by Gasteiger charge is 1.68. The van der Waals surface area contributed by atoms with Crippen LogP contribution in [0.25, 0.3) is 0 Å². The summed E-state index contributed by atoms with van der Waals surface area (Å²) >= 11 is 2.96. The number of nitriles is 1. The van der Waals surface area contributed by atoms with E-state index >= 15 is 0 Å². The fraction of sp³-hybridized carbons (Fsp3) is 0.333. The molecule has 0 amide bonds. The van der Waals surface area contributed by atoms with Gasteiger partial charge in [0, 0.05) is 11.8 Å². The van der Waals surface area contributed by atoms with Crippen LogP contribution in [0.1, 0.15) is 6.42 Å². The Kier molecular flexibility index (Phi) is 3.95. The van der Waals surface area contributed by atoms with Gasteiger partial charge in [0.1, 0.15) is 0 Å². The smallest absolute Gasteiger partial charge is 0.0633 e. The van der Waals surface area contributed by atoms with Crippen LogP contribution in [-0.2, 0) is 0 Å². The molecular weight excluding hydrogens is 130 g/mol. The zero-order valence-electron chi connectivity index (χ0n) is 2.61. The van der Waals surface area contributed by atoms with Crippen molar-refractivity contribution in [2.45, 2.75) is 6.42 Å². The van der Waals surface area contributed by atoms with E-state index < -0.39 is 0 Å². The summed E-state index contributed by atoms with van der Waals surface area (Å²) in [6.07, 6.45) is 0.486. The first-order valence-electron chi connectivity index (χ1n) is 1.20. The normalized spacial score (nSPS) is 6.40. The van der Waals surface area contributed by atoms with Gasteiger partial charge in [0.15, 0.2) is 0 Å². The monoisotopic (exact) mass is 132 g/mol. The van der Waals surface area contributed by atoms with Crippen LogP contribution in [-0.4, -0.2) is 0 Å². The Morgan fingerprint density at radius 1 is 2.00 bits per heavy atom. The Morgan fingerprint density at radius 2 is 2.60 bits per heavy atom. The molecule has 0 N–H and O–H groups in total. The van der Waals surface area contributed by atoms with Crippen LogP contribution in [0.2, 0.25) is 0 Å². The van der Waals surface area contributed by atoms with Gasteiger partial charge in [-0.15, -0.1) is 0 Å². The molecular formula is C3H3BrN. The number of rotatable bonds is 1. The Balaban J connectivity index is 2.48. The van der Waals surface area contributed by atoms with E-state index in [9.17, 15) is 0 Å². The highest BCUT2D eigenvalue weighted by Crippen LogP contribution is 1.89. The van der Waals surface area contributed by atoms with Crippen molar-refractivity contribution in [3.63, 3.8) is 0 Å². The molecule has 27 valence electrons. The maximum Gasteiger partial charge on any atom is 0.0633 e. The van der Waals surface area contributed by atoms with Crippen molar-refractivity contribution in [3.8, 4) is 6.07 Å². The van der Waals surface area contributed by atoms with Crippen LogP contribution in [0.5, 0.6) is 0 Å². The zero-order chi connectivity index (χ0) is 4.12. The maximum absolute atomic E-state index is 7.76. The predicted octanol–water partition coefficient (Wildman–Crippen LogP) is 1.46. The van der Waals surface area contributed by atoms with E-state index in [1.807, 2.05) is 6.07 Å². The molecule has 1 radical (unpaired) electrons. The molecule has 0 spiro atoms. The van der Waals surface area contributed by atoms with Gasteiger partial charge in [-0.05, 0) is 0 Å². The van der Waals surface area contributed by atoms with Gasteiger partial charge in [0.25, 0.3) is 0 Å². The molecule has 0 aromatic carbocycles. The third-order valence-corrected chi connectivity index (χ3v) is 0.492.